The maximum Gasteiger partial charge on any atom is 0.166 e. The zero-order chi connectivity index (χ0) is 14.5. The first-order valence-corrected chi connectivity index (χ1v) is 7.47. The zero-order valence-corrected chi connectivity index (χ0v) is 12.9. The quantitative estimate of drug-likeness (QED) is 0.884. The molecule has 20 heavy (non-hydrogen) atoms. The molecular formula is C16H20O3S. The summed E-state index contributed by atoms with van der Waals surface area (Å²) in [6, 6.07) is 9.77. The highest BCUT2D eigenvalue weighted by Crippen LogP contribution is 2.36. The summed E-state index contributed by atoms with van der Waals surface area (Å²) in [5, 5.41) is 10.5. The normalized spacial score (nSPS) is 12.2. The Bertz CT molecular complexity index is 563. The smallest absolute Gasteiger partial charge is 0.166 e. The van der Waals surface area contributed by atoms with Crippen LogP contribution in [0.2, 0.25) is 0 Å². The van der Waals surface area contributed by atoms with Crippen LogP contribution in [-0.2, 0) is 12.8 Å². The van der Waals surface area contributed by atoms with E-state index in [2.05, 4.69) is 19.1 Å². The van der Waals surface area contributed by atoms with Gasteiger partial charge in [0.2, 0.25) is 0 Å². The third-order valence-electron chi connectivity index (χ3n) is 3.25. The second-order valence-electron chi connectivity index (χ2n) is 4.52. The Morgan fingerprint density at radius 3 is 2.45 bits per heavy atom. The molecule has 0 bridgehead atoms. The van der Waals surface area contributed by atoms with Crippen LogP contribution in [0.4, 0.5) is 0 Å². The second-order valence-corrected chi connectivity index (χ2v) is 5.78. The van der Waals surface area contributed by atoms with Gasteiger partial charge in [0.15, 0.2) is 11.5 Å². The maximum atomic E-state index is 10.5. The van der Waals surface area contributed by atoms with Gasteiger partial charge in [0.05, 0.1) is 20.3 Å². The third kappa shape index (κ3) is 3.14. The Balaban J connectivity index is 2.22. The molecule has 0 amide bonds. The molecule has 1 unspecified atom stereocenters. The van der Waals surface area contributed by atoms with Gasteiger partial charge in [-0.05, 0) is 24.6 Å². The molecule has 0 aliphatic rings. The number of aliphatic hydroxyl groups is 1. The Morgan fingerprint density at radius 1 is 1.10 bits per heavy atom. The van der Waals surface area contributed by atoms with Crippen LogP contribution in [0.3, 0.4) is 0 Å². The van der Waals surface area contributed by atoms with Gasteiger partial charge >= 0.3 is 0 Å². The molecule has 108 valence electrons. The average molecular weight is 292 g/mol. The van der Waals surface area contributed by atoms with Crippen LogP contribution in [0.1, 0.15) is 28.3 Å². The van der Waals surface area contributed by atoms with Crippen molar-refractivity contribution in [3.63, 3.8) is 0 Å². The van der Waals surface area contributed by atoms with Gasteiger partial charge in [0.25, 0.3) is 0 Å². The molecule has 3 nitrogen and oxygen atoms in total. The van der Waals surface area contributed by atoms with Gasteiger partial charge < -0.3 is 14.6 Å². The van der Waals surface area contributed by atoms with E-state index in [0.29, 0.717) is 17.9 Å². The first-order chi connectivity index (χ1) is 9.69. The van der Waals surface area contributed by atoms with Crippen LogP contribution in [0.15, 0.2) is 30.3 Å². The number of thiophene rings is 1. The molecule has 1 atom stereocenters. The van der Waals surface area contributed by atoms with Gasteiger partial charge in [-0.25, -0.2) is 0 Å². The van der Waals surface area contributed by atoms with E-state index < -0.39 is 6.10 Å². The SMILES string of the molecule is CCc1ccc(CC(O)c2cccc(OC)c2OC)s1. The van der Waals surface area contributed by atoms with Gasteiger partial charge in [0, 0.05) is 21.7 Å². The summed E-state index contributed by atoms with van der Waals surface area (Å²) in [4.78, 5) is 2.52. The highest BCUT2D eigenvalue weighted by Gasteiger charge is 2.18. The fraction of sp³-hybridized carbons (Fsp3) is 0.375. The molecular weight excluding hydrogens is 272 g/mol. The van der Waals surface area contributed by atoms with E-state index in [4.69, 9.17) is 9.47 Å². The van der Waals surface area contributed by atoms with Crippen LogP contribution in [0.5, 0.6) is 11.5 Å². The van der Waals surface area contributed by atoms with Crippen LogP contribution in [0, 0.1) is 0 Å². The predicted molar refractivity (Wildman–Crippen MR) is 81.9 cm³/mol. The van der Waals surface area contributed by atoms with Gasteiger partial charge in [-0.15, -0.1) is 11.3 Å². The first kappa shape index (κ1) is 14.9. The molecule has 0 saturated carbocycles. The van der Waals surface area contributed by atoms with E-state index in [-0.39, 0.29) is 0 Å². The summed E-state index contributed by atoms with van der Waals surface area (Å²) in [7, 11) is 3.19. The molecule has 1 heterocycles. The van der Waals surface area contributed by atoms with E-state index in [1.807, 2.05) is 18.2 Å². The lowest BCUT2D eigenvalue weighted by Gasteiger charge is -2.16. The minimum absolute atomic E-state index is 0.591. The first-order valence-electron chi connectivity index (χ1n) is 6.66. The molecule has 0 saturated heterocycles. The molecule has 0 spiro atoms. The molecule has 1 aromatic carbocycles. The molecule has 0 aliphatic carbocycles. The van der Waals surface area contributed by atoms with Crippen molar-refractivity contribution < 1.29 is 14.6 Å². The van der Waals surface area contributed by atoms with Crippen molar-refractivity contribution in [2.75, 3.05) is 14.2 Å². The van der Waals surface area contributed by atoms with Crippen LogP contribution in [0.25, 0.3) is 0 Å². The van der Waals surface area contributed by atoms with Crippen molar-refractivity contribution in [2.45, 2.75) is 25.9 Å². The van der Waals surface area contributed by atoms with Crippen LogP contribution >= 0.6 is 11.3 Å². The second kappa shape index (κ2) is 6.77. The zero-order valence-electron chi connectivity index (χ0n) is 12.1. The van der Waals surface area contributed by atoms with Crippen molar-refractivity contribution >= 4 is 11.3 Å². The largest absolute Gasteiger partial charge is 0.493 e. The van der Waals surface area contributed by atoms with Gasteiger partial charge in [-0.3, -0.25) is 0 Å². The molecule has 2 aromatic rings. The maximum absolute atomic E-state index is 10.5. The van der Waals surface area contributed by atoms with E-state index in [1.54, 1.807) is 25.6 Å². The summed E-state index contributed by atoms with van der Waals surface area (Å²) < 4.78 is 10.6. The number of aryl methyl sites for hydroxylation is 1. The van der Waals surface area contributed by atoms with Crippen molar-refractivity contribution in [1.82, 2.24) is 0 Å². The summed E-state index contributed by atoms with van der Waals surface area (Å²) in [6.45, 7) is 2.14. The van der Waals surface area contributed by atoms with Gasteiger partial charge in [-0.1, -0.05) is 19.1 Å². The lowest BCUT2D eigenvalue weighted by Crippen LogP contribution is -2.04. The summed E-state index contributed by atoms with van der Waals surface area (Å²) in [6.07, 6.45) is 1.03. The summed E-state index contributed by atoms with van der Waals surface area (Å²) in [5.41, 5.74) is 0.762. The number of ether oxygens (including phenoxy) is 2. The number of rotatable bonds is 6. The summed E-state index contributed by atoms with van der Waals surface area (Å²) in [5.74, 6) is 1.25. The Hall–Kier alpha value is -1.52. The molecule has 0 aliphatic heterocycles. The molecule has 1 aromatic heterocycles. The van der Waals surface area contributed by atoms with Crippen molar-refractivity contribution in [2.24, 2.45) is 0 Å². The Labute approximate surface area is 123 Å². The lowest BCUT2D eigenvalue weighted by atomic mass is 10.0. The van der Waals surface area contributed by atoms with E-state index in [1.165, 1.54) is 9.75 Å². The minimum Gasteiger partial charge on any atom is -0.493 e. The lowest BCUT2D eigenvalue weighted by molar-refractivity contribution is 0.174. The number of benzene rings is 1. The molecule has 4 heteroatoms. The fourth-order valence-corrected chi connectivity index (χ4v) is 3.19. The van der Waals surface area contributed by atoms with Gasteiger partial charge in [0.1, 0.15) is 0 Å². The number of methoxy groups -OCH3 is 2. The fourth-order valence-electron chi connectivity index (χ4n) is 2.20. The molecule has 2 rings (SSSR count). The van der Waals surface area contributed by atoms with E-state index >= 15 is 0 Å². The Morgan fingerprint density at radius 2 is 1.85 bits per heavy atom. The summed E-state index contributed by atoms with van der Waals surface area (Å²) >= 11 is 1.75. The van der Waals surface area contributed by atoms with Crippen LogP contribution < -0.4 is 9.47 Å². The van der Waals surface area contributed by atoms with Crippen molar-refractivity contribution in [3.8, 4) is 11.5 Å². The van der Waals surface area contributed by atoms with Crippen molar-refractivity contribution in [3.05, 3.63) is 45.6 Å². The minimum atomic E-state index is -0.594. The number of aliphatic hydroxyl groups excluding tert-OH is 1. The van der Waals surface area contributed by atoms with E-state index in [0.717, 1.165) is 12.0 Å². The van der Waals surface area contributed by atoms with Gasteiger partial charge in [-0.2, -0.15) is 0 Å². The number of hydrogen-bond donors (Lipinski definition) is 1. The monoisotopic (exact) mass is 292 g/mol. The Kier molecular flexibility index (Phi) is 5.04. The van der Waals surface area contributed by atoms with Crippen LogP contribution in [-0.4, -0.2) is 19.3 Å². The third-order valence-corrected chi connectivity index (χ3v) is 4.50. The number of para-hydroxylation sites is 1. The molecule has 1 N–H and O–H groups in total. The number of hydrogen-bond acceptors (Lipinski definition) is 4. The predicted octanol–water partition coefficient (Wildman–Crippen LogP) is 3.60. The highest BCUT2D eigenvalue weighted by molar-refractivity contribution is 7.11. The average Bonchev–Trinajstić information content (AvgIpc) is 2.93. The molecule has 0 radical (unpaired) electrons. The molecule has 0 fully saturated rings. The standard InChI is InChI=1S/C16H20O3S/c1-4-11-8-9-12(20-11)10-14(17)13-6-5-7-15(18-2)16(13)19-3/h5-9,14,17H,4,10H2,1-3H3. The topological polar surface area (TPSA) is 38.7 Å². The van der Waals surface area contributed by atoms with Crippen molar-refractivity contribution in [1.29, 1.82) is 0 Å². The highest BCUT2D eigenvalue weighted by atomic mass is 32.1. The van der Waals surface area contributed by atoms with E-state index in [9.17, 15) is 5.11 Å².